The topological polar surface area (TPSA) is 71.9 Å². The van der Waals surface area contributed by atoms with E-state index in [2.05, 4.69) is 4.98 Å². The lowest BCUT2D eigenvalue weighted by Crippen LogP contribution is -2.29. The number of thiazole rings is 1. The van der Waals surface area contributed by atoms with Crippen LogP contribution in [0.1, 0.15) is 16.3 Å². The van der Waals surface area contributed by atoms with Crippen molar-refractivity contribution in [3.63, 3.8) is 0 Å². The maximum atomic E-state index is 11.1. The van der Waals surface area contributed by atoms with Gasteiger partial charge >= 0.3 is 5.97 Å². The standard InChI is InChI=1S/C16H18N2O4S/c1-11-17-13(10-23-11)8-18(9-16(19)20)7-12-2-3-14-15(6-12)22-5-4-21-14/h2-3,6,10H,4-5,7-9H2,1H3,(H,19,20). The SMILES string of the molecule is Cc1nc(CN(CC(=O)O)Cc2ccc3c(c2)OCCO3)cs1. The second-order valence-corrected chi connectivity index (χ2v) is 6.44. The molecule has 6 nitrogen and oxygen atoms in total. The van der Waals surface area contributed by atoms with Gasteiger partial charge in [-0.1, -0.05) is 6.07 Å². The minimum Gasteiger partial charge on any atom is -0.486 e. The molecule has 122 valence electrons. The van der Waals surface area contributed by atoms with Crippen LogP contribution in [0.5, 0.6) is 11.5 Å². The molecule has 0 amide bonds. The quantitative estimate of drug-likeness (QED) is 0.874. The van der Waals surface area contributed by atoms with Gasteiger partial charge in [-0.15, -0.1) is 11.3 Å². The molecule has 0 aliphatic carbocycles. The van der Waals surface area contributed by atoms with Gasteiger partial charge in [0.15, 0.2) is 11.5 Å². The second-order valence-electron chi connectivity index (χ2n) is 5.37. The van der Waals surface area contributed by atoms with E-state index in [1.165, 1.54) is 0 Å². The van der Waals surface area contributed by atoms with Crippen molar-refractivity contribution in [3.8, 4) is 11.5 Å². The predicted octanol–water partition coefficient (Wildman–Crippen LogP) is 2.31. The molecule has 0 saturated carbocycles. The molecular formula is C16H18N2O4S. The Hall–Kier alpha value is -2.12. The summed E-state index contributed by atoms with van der Waals surface area (Å²) in [7, 11) is 0. The van der Waals surface area contributed by atoms with Gasteiger partial charge in [-0.05, 0) is 24.6 Å². The lowest BCUT2D eigenvalue weighted by molar-refractivity contribution is -0.138. The van der Waals surface area contributed by atoms with E-state index in [4.69, 9.17) is 14.6 Å². The number of aromatic nitrogens is 1. The summed E-state index contributed by atoms with van der Waals surface area (Å²) >= 11 is 1.57. The van der Waals surface area contributed by atoms with E-state index in [1.807, 2.05) is 35.4 Å². The van der Waals surface area contributed by atoms with Crippen molar-refractivity contribution in [1.82, 2.24) is 9.88 Å². The summed E-state index contributed by atoms with van der Waals surface area (Å²) in [4.78, 5) is 17.4. The first-order valence-corrected chi connectivity index (χ1v) is 8.22. The number of aryl methyl sites for hydroxylation is 1. The van der Waals surface area contributed by atoms with E-state index >= 15 is 0 Å². The van der Waals surface area contributed by atoms with E-state index < -0.39 is 5.97 Å². The molecule has 23 heavy (non-hydrogen) atoms. The first kappa shape index (κ1) is 15.8. The smallest absolute Gasteiger partial charge is 0.317 e. The minimum atomic E-state index is -0.852. The molecule has 1 N–H and O–H groups in total. The van der Waals surface area contributed by atoms with Crippen LogP contribution < -0.4 is 9.47 Å². The van der Waals surface area contributed by atoms with Crippen LogP contribution in [0.3, 0.4) is 0 Å². The highest BCUT2D eigenvalue weighted by atomic mass is 32.1. The van der Waals surface area contributed by atoms with Gasteiger partial charge < -0.3 is 14.6 Å². The Labute approximate surface area is 138 Å². The molecule has 0 fully saturated rings. The number of ether oxygens (including phenoxy) is 2. The Morgan fingerprint density at radius 3 is 2.78 bits per heavy atom. The van der Waals surface area contributed by atoms with Gasteiger partial charge in [0.05, 0.1) is 17.2 Å². The molecule has 3 rings (SSSR count). The van der Waals surface area contributed by atoms with Crippen LogP contribution >= 0.6 is 11.3 Å². The molecular weight excluding hydrogens is 316 g/mol. The Morgan fingerprint density at radius 2 is 2.09 bits per heavy atom. The summed E-state index contributed by atoms with van der Waals surface area (Å²) in [5.41, 5.74) is 1.88. The zero-order chi connectivity index (χ0) is 16.2. The lowest BCUT2D eigenvalue weighted by Gasteiger charge is -2.22. The highest BCUT2D eigenvalue weighted by Gasteiger charge is 2.16. The van der Waals surface area contributed by atoms with Crippen molar-refractivity contribution in [3.05, 3.63) is 39.8 Å². The summed E-state index contributed by atoms with van der Waals surface area (Å²) < 4.78 is 11.1. The number of hydrogen-bond donors (Lipinski definition) is 1. The largest absolute Gasteiger partial charge is 0.486 e. The van der Waals surface area contributed by atoms with Crippen molar-refractivity contribution in [2.24, 2.45) is 0 Å². The van der Waals surface area contributed by atoms with Crippen molar-refractivity contribution in [2.75, 3.05) is 19.8 Å². The minimum absolute atomic E-state index is 0.0367. The molecule has 0 unspecified atom stereocenters. The fraction of sp³-hybridized carbons (Fsp3) is 0.375. The number of carboxylic acids is 1. The van der Waals surface area contributed by atoms with Gasteiger partial charge in [0.25, 0.3) is 0 Å². The van der Waals surface area contributed by atoms with Gasteiger partial charge in [-0.2, -0.15) is 0 Å². The van der Waals surface area contributed by atoms with Gasteiger partial charge in [-0.25, -0.2) is 4.98 Å². The Balaban J connectivity index is 1.73. The van der Waals surface area contributed by atoms with E-state index in [0.717, 1.165) is 22.0 Å². The van der Waals surface area contributed by atoms with E-state index in [0.29, 0.717) is 32.1 Å². The lowest BCUT2D eigenvalue weighted by atomic mass is 10.1. The van der Waals surface area contributed by atoms with E-state index in [9.17, 15) is 4.79 Å². The number of fused-ring (bicyclic) bond motifs is 1. The number of benzene rings is 1. The molecule has 1 aliphatic heterocycles. The Kier molecular flexibility index (Phi) is 4.78. The summed E-state index contributed by atoms with van der Waals surface area (Å²) in [5, 5.41) is 12.1. The molecule has 0 spiro atoms. The van der Waals surface area contributed by atoms with Gasteiger partial charge in [0.1, 0.15) is 13.2 Å². The van der Waals surface area contributed by atoms with Crippen LogP contribution in [0, 0.1) is 6.92 Å². The van der Waals surface area contributed by atoms with Crippen LogP contribution in [0.4, 0.5) is 0 Å². The predicted molar refractivity (Wildman–Crippen MR) is 86.0 cm³/mol. The van der Waals surface area contributed by atoms with E-state index in [1.54, 1.807) is 11.3 Å². The number of rotatable bonds is 6. The van der Waals surface area contributed by atoms with E-state index in [-0.39, 0.29) is 6.54 Å². The van der Waals surface area contributed by atoms with Crippen LogP contribution in [0.15, 0.2) is 23.6 Å². The third-order valence-electron chi connectivity index (χ3n) is 3.42. The van der Waals surface area contributed by atoms with Crippen molar-refractivity contribution < 1.29 is 19.4 Å². The van der Waals surface area contributed by atoms with Crippen LogP contribution in [-0.4, -0.2) is 40.7 Å². The fourth-order valence-corrected chi connectivity index (χ4v) is 3.12. The molecule has 1 aliphatic rings. The first-order valence-electron chi connectivity index (χ1n) is 7.34. The van der Waals surface area contributed by atoms with Crippen molar-refractivity contribution in [2.45, 2.75) is 20.0 Å². The summed E-state index contributed by atoms with van der Waals surface area (Å²) in [5.74, 6) is 0.600. The van der Waals surface area contributed by atoms with Gasteiger partial charge in [0, 0.05) is 18.5 Å². The van der Waals surface area contributed by atoms with Gasteiger partial charge in [-0.3, -0.25) is 9.69 Å². The average molecular weight is 334 g/mol. The van der Waals surface area contributed by atoms with Crippen molar-refractivity contribution >= 4 is 17.3 Å². The normalized spacial score (nSPS) is 13.3. The number of aliphatic carboxylic acids is 1. The molecule has 1 aromatic heterocycles. The molecule has 7 heteroatoms. The molecule has 2 heterocycles. The zero-order valence-corrected chi connectivity index (χ0v) is 13.6. The Bertz CT molecular complexity index is 701. The van der Waals surface area contributed by atoms with Crippen molar-refractivity contribution in [1.29, 1.82) is 0 Å². The maximum Gasteiger partial charge on any atom is 0.317 e. The Morgan fingerprint density at radius 1 is 1.30 bits per heavy atom. The monoisotopic (exact) mass is 334 g/mol. The maximum absolute atomic E-state index is 11.1. The molecule has 1 aromatic carbocycles. The van der Waals surface area contributed by atoms with Crippen LogP contribution in [-0.2, 0) is 17.9 Å². The third kappa shape index (κ3) is 4.20. The zero-order valence-electron chi connectivity index (χ0n) is 12.8. The molecule has 0 atom stereocenters. The highest BCUT2D eigenvalue weighted by molar-refractivity contribution is 7.09. The summed E-state index contributed by atoms with van der Waals surface area (Å²) in [6, 6.07) is 5.72. The number of carboxylic acid groups (broad SMARTS) is 1. The highest BCUT2D eigenvalue weighted by Crippen LogP contribution is 2.31. The molecule has 2 aromatic rings. The number of carbonyl (C=O) groups is 1. The molecule has 0 bridgehead atoms. The van der Waals surface area contributed by atoms with Crippen LogP contribution in [0.25, 0.3) is 0 Å². The number of hydrogen-bond acceptors (Lipinski definition) is 6. The van der Waals surface area contributed by atoms with Crippen LogP contribution in [0.2, 0.25) is 0 Å². The fourth-order valence-electron chi connectivity index (χ4n) is 2.51. The third-order valence-corrected chi connectivity index (χ3v) is 4.25. The number of nitrogens with zero attached hydrogens (tertiary/aromatic N) is 2. The average Bonchev–Trinajstić information content (AvgIpc) is 2.91. The van der Waals surface area contributed by atoms with Gasteiger partial charge in [0.2, 0.25) is 0 Å². The first-order chi connectivity index (χ1) is 11.1. The molecule has 0 saturated heterocycles. The summed E-state index contributed by atoms with van der Waals surface area (Å²) in [6.45, 7) is 4.01. The summed E-state index contributed by atoms with van der Waals surface area (Å²) in [6.07, 6.45) is 0. The molecule has 0 radical (unpaired) electrons. The second kappa shape index (κ2) is 6.97.